The standard InChI is InChI=1S/C4H9NO5S/c6-3-4(7)5-1-2-11(8,9)10/h6H,1-3H2,(H,5,7)(H,8,9,10). The average Bonchev–Trinajstić information content (AvgIpc) is 1.85. The molecule has 0 radical (unpaired) electrons. The van der Waals surface area contributed by atoms with E-state index in [0.29, 0.717) is 0 Å². The Morgan fingerprint density at radius 3 is 2.36 bits per heavy atom. The molecule has 0 aliphatic heterocycles. The maximum absolute atomic E-state index is 10.3. The molecule has 0 aliphatic carbocycles. The van der Waals surface area contributed by atoms with E-state index in [1.807, 2.05) is 0 Å². The van der Waals surface area contributed by atoms with Gasteiger partial charge in [0.15, 0.2) is 0 Å². The first-order valence-electron chi connectivity index (χ1n) is 2.78. The fraction of sp³-hybridized carbons (Fsp3) is 0.750. The van der Waals surface area contributed by atoms with Gasteiger partial charge < -0.3 is 10.4 Å². The zero-order chi connectivity index (χ0) is 8.91. The molecular weight excluding hydrogens is 174 g/mol. The topological polar surface area (TPSA) is 104 Å². The van der Waals surface area contributed by atoms with Gasteiger partial charge in [0.05, 0.1) is 5.75 Å². The van der Waals surface area contributed by atoms with Gasteiger partial charge in [-0.1, -0.05) is 0 Å². The first kappa shape index (κ1) is 10.3. The molecule has 0 aromatic carbocycles. The highest BCUT2D eigenvalue weighted by Crippen LogP contribution is 1.78. The molecule has 0 bridgehead atoms. The minimum absolute atomic E-state index is 0.196. The summed E-state index contributed by atoms with van der Waals surface area (Å²) in [6, 6.07) is 0. The highest BCUT2D eigenvalue weighted by molar-refractivity contribution is 7.85. The number of hydrogen-bond donors (Lipinski definition) is 3. The van der Waals surface area contributed by atoms with Gasteiger partial charge in [-0.15, -0.1) is 0 Å². The predicted octanol–water partition coefficient (Wildman–Crippen LogP) is -2.02. The Balaban J connectivity index is 3.51. The van der Waals surface area contributed by atoms with Crippen molar-refractivity contribution in [1.29, 1.82) is 0 Å². The van der Waals surface area contributed by atoms with Crippen LogP contribution in [0.15, 0.2) is 0 Å². The molecule has 0 fully saturated rings. The fourth-order valence-corrected chi connectivity index (χ4v) is 0.735. The van der Waals surface area contributed by atoms with Crippen molar-refractivity contribution in [2.45, 2.75) is 0 Å². The molecular formula is C4H9NO5S. The van der Waals surface area contributed by atoms with Crippen LogP contribution in [0.4, 0.5) is 0 Å². The quantitative estimate of drug-likeness (QED) is 0.436. The zero-order valence-corrected chi connectivity index (χ0v) is 6.47. The number of amides is 1. The SMILES string of the molecule is O=C(CO)NCCS(=O)(=O)O. The summed E-state index contributed by atoms with van der Waals surface area (Å²) in [6.45, 7) is -0.885. The largest absolute Gasteiger partial charge is 0.387 e. The number of aliphatic hydroxyl groups is 1. The highest BCUT2D eigenvalue weighted by Gasteiger charge is 2.04. The molecule has 0 unspecified atom stereocenters. The van der Waals surface area contributed by atoms with Crippen LogP contribution in [-0.2, 0) is 14.9 Å². The van der Waals surface area contributed by atoms with E-state index in [1.54, 1.807) is 0 Å². The third kappa shape index (κ3) is 7.23. The second-order valence-electron chi connectivity index (χ2n) is 1.79. The van der Waals surface area contributed by atoms with Crippen LogP contribution in [0.2, 0.25) is 0 Å². The Morgan fingerprint density at radius 1 is 1.45 bits per heavy atom. The summed E-state index contributed by atoms with van der Waals surface area (Å²) in [5, 5.41) is 10.2. The number of rotatable bonds is 4. The molecule has 66 valence electrons. The lowest BCUT2D eigenvalue weighted by Crippen LogP contribution is -2.30. The van der Waals surface area contributed by atoms with E-state index in [2.05, 4.69) is 5.32 Å². The molecule has 0 aliphatic rings. The lowest BCUT2D eigenvalue weighted by atomic mass is 10.6. The molecule has 7 heteroatoms. The van der Waals surface area contributed by atoms with Crippen molar-refractivity contribution in [3.05, 3.63) is 0 Å². The number of nitrogens with one attached hydrogen (secondary N) is 1. The Labute approximate surface area is 64.0 Å². The van der Waals surface area contributed by atoms with E-state index >= 15 is 0 Å². The molecule has 0 aromatic heterocycles. The monoisotopic (exact) mass is 183 g/mol. The highest BCUT2D eigenvalue weighted by atomic mass is 32.2. The molecule has 0 atom stereocenters. The second kappa shape index (κ2) is 4.27. The van der Waals surface area contributed by atoms with Crippen molar-refractivity contribution in [3.8, 4) is 0 Å². The molecule has 11 heavy (non-hydrogen) atoms. The molecule has 0 rings (SSSR count). The van der Waals surface area contributed by atoms with Crippen molar-refractivity contribution in [3.63, 3.8) is 0 Å². The summed E-state index contributed by atoms with van der Waals surface area (Å²) >= 11 is 0. The molecule has 0 saturated heterocycles. The van der Waals surface area contributed by atoms with Crippen LogP contribution in [-0.4, -0.2) is 42.9 Å². The summed E-state index contributed by atoms with van der Waals surface area (Å²) in [5.41, 5.74) is 0. The number of aliphatic hydroxyl groups excluding tert-OH is 1. The lowest BCUT2D eigenvalue weighted by Gasteiger charge is -1.99. The van der Waals surface area contributed by atoms with Gasteiger partial charge in [0.25, 0.3) is 10.1 Å². The van der Waals surface area contributed by atoms with Crippen molar-refractivity contribution in [1.82, 2.24) is 5.32 Å². The van der Waals surface area contributed by atoms with Gasteiger partial charge in [0.2, 0.25) is 5.91 Å². The minimum atomic E-state index is -4.02. The smallest absolute Gasteiger partial charge is 0.266 e. The predicted molar refractivity (Wildman–Crippen MR) is 36.5 cm³/mol. The second-order valence-corrected chi connectivity index (χ2v) is 3.37. The number of carbonyl (C=O) groups excluding carboxylic acids is 1. The summed E-state index contributed by atoms with van der Waals surface area (Å²) < 4.78 is 28.2. The third-order valence-corrected chi connectivity index (χ3v) is 1.55. The third-order valence-electron chi connectivity index (χ3n) is 0.826. The van der Waals surface area contributed by atoms with Crippen molar-refractivity contribution in [2.24, 2.45) is 0 Å². The van der Waals surface area contributed by atoms with Gasteiger partial charge in [0.1, 0.15) is 6.61 Å². The maximum atomic E-state index is 10.3. The Bertz CT molecular complexity index is 221. The molecule has 3 N–H and O–H groups in total. The van der Waals surface area contributed by atoms with Crippen LogP contribution in [0.5, 0.6) is 0 Å². The van der Waals surface area contributed by atoms with Crippen LogP contribution < -0.4 is 5.32 Å². The summed E-state index contributed by atoms with van der Waals surface area (Å²) in [4.78, 5) is 10.3. The van der Waals surface area contributed by atoms with Gasteiger partial charge >= 0.3 is 0 Å². The van der Waals surface area contributed by atoms with Crippen molar-refractivity contribution < 1.29 is 22.9 Å². The summed E-state index contributed by atoms with van der Waals surface area (Å²) in [6.07, 6.45) is 0. The summed E-state index contributed by atoms with van der Waals surface area (Å²) in [5.74, 6) is -1.22. The normalized spacial score (nSPS) is 11.1. The molecule has 0 aromatic rings. The summed E-state index contributed by atoms with van der Waals surface area (Å²) in [7, 11) is -4.02. The first-order valence-corrected chi connectivity index (χ1v) is 4.39. The number of hydrogen-bond acceptors (Lipinski definition) is 4. The van der Waals surface area contributed by atoms with E-state index in [-0.39, 0.29) is 6.54 Å². The van der Waals surface area contributed by atoms with Crippen LogP contribution in [0.3, 0.4) is 0 Å². The average molecular weight is 183 g/mol. The van der Waals surface area contributed by atoms with Crippen molar-refractivity contribution in [2.75, 3.05) is 18.9 Å². The van der Waals surface area contributed by atoms with Gasteiger partial charge in [-0.3, -0.25) is 9.35 Å². The van der Waals surface area contributed by atoms with Crippen LogP contribution in [0.25, 0.3) is 0 Å². The fourth-order valence-electron chi connectivity index (χ4n) is 0.375. The molecule has 6 nitrogen and oxygen atoms in total. The van der Waals surface area contributed by atoms with E-state index in [9.17, 15) is 13.2 Å². The maximum Gasteiger partial charge on any atom is 0.266 e. The molecule has 0 spiro atoms. The first-order chi connectivity index (χ1) is 4.95. The van der Waals surface area contributed by atoms with E-state index in [1.165, 1.54) is 0 Å². The Morgan fingerprint density at radius 2 is 2.00 bits per heavy atom. The van der Waals surface area contributed by atoms with Crippen LogP contribution in [0.1, 0.15) is 0 Å². The van der Waals surface area contributed by atoms with Crippen LogP contribution >= 0.6 is 0 Å². The van der Waals surface area contributed by atoms with E-state index < -0.39 is 28.4 Å². The Kier molecular flexibility index (Phi) is 4.01. The van der Waals surface area contributed by atoms with Crippen LogP contribution in [0, 0.1) is 0 Å². The van der Waals surface area contributed by atoms with Gasteiger partial charge in [0, 0.05) is 6.54 Å². The number of carbonyl (C=O) groups is 1. The molecule has 0 heterocycles. The Hall–Kier alpha value is -0.660. The molecule has 0 saturated carbocycles. The van der Waals surface area contributed by atoms with E-state index in [0.717, 1.165) is 0 Å². The van der Waals surface area contributed by atoms with Crippen molar-refractivity contribution >= 4 is 16.0 Å². The zero-order valence-electron chi connectivity index (χ0n) is 5.65. The van der Waals surface area contributed by atoms with E-state index in [4.69, 9.17) is 9.66 Å². The minimum Gasteiger partial charge on any atom is -0.387 e. The van der Waals surface area contributed by atoms with Gasteiger partial charge in [-0.2, -0.15) is 8.42 Å². The van der Waals surface area contributed by atoms with Gasteiger partial charge in [-0.05, 0) is 0 Å². The molecule has 1 amide bonds. The lowest BCUT2D eigenvalue weighted by molar-refractivity contribution is -0.123. The van der Waals surface area contributed by atoms with Gasteiger partial charge in [-0.25, -0.2) is 0 Å².